The van der Waals surface area contributed by atoms with Crippen molar-refractivity contribution < 1.29 is 23.8 Å². The molecule has 5 aromatic rings. The number of carbonyl (C=O) groups is 1. The molecule has 1 fully saturated rings. The molecule has 2 aromatic heterocycles. The number of aromatic nitrogens is 4. The van der Waals surface area contributed by atoms with Crippen molar-refractivity contribution in [2.24, 2.45) is 0 Å². The van der Waals surface area contributed by atoms with E-state index >= 15 is 0 Å². The third-order valence-electron chi connectivity index (χ3n) is 8.12. The first-order chi connectivity index (χ1) is 21.9. The lowest BCUT2D eigenvalue weighted by molar-refractivity contribution is 0.0697. The molecule has 0 saturated carbocycles. The van der Waals surface area contributed by atoms with Crippen LogP contribution in [0.3, 0.4) is 0 Å². The van der Waals surface area contributed by atoms with Gasteiger partial charge in [0.25, 0.3) is 0 Å². The Morgan fingerprint density at radius 3 is 2.67 bits per heavy atom. The van der Waals surface area contributed by atoms with E-state index in [4.69, 9.17) is 19.7 Å². The average Bonchev–Trinajstić information content (AvgIpc) is 3.65. The van der Waals surface area contributed by atoms with Gasteiger partial charge in [0.1, 0.15) is 35.9 Å². The van der Waals surface area contributed by atoms with Crippen molar-refractivity contribution in [2.45, 2.75) is 52.1 Å². The van der Waals surface area contributed by atoms with Crippen molar-refractivity contribution in [1.82, 2.24) is 24.0 Å². The molecule has 1 aliphatic heterocycles. The van der Waals surface area contributed by atoms with Crippen molar-refractivity contribution in [3.05, 3.63) is 107 Å². The van der Waals surface area contributed by atoms with E-state index < -0.39 is 11.8 Å². The molecule has 45 heavy (non-hydrogen) atoms. The fourth-order valence-electron chi connectivity index (χ4n) is 5.64. The summed E-state index contributed by atoms with van der Waals surface area (Å²) >= 11 is 0. The number of halogens is 1. The predicted molar refractivity (Wildman–Crippen MR) is 165 cm³/mol. The number of piperidine rings is 1. The largest absolute Gasteiger partial charge is 0.490 e. The molecule has 1 N–H and O–H groups in total. The number of benzene rings is 3. The van der Waals surface area contributed by atoms with Crippen molar-refractivity contribution in [3.8, 4) is 17.6 Å². The standard InChI is InChI=1S/C34H33FN6O4/c1-2-40-22-37-18-26(40)19-41-32-15-24(34(42)43)8-9-31(32)38-33(41)20-39-12-10-27(11-13-39)45-29-5-3-4-28(16-29)44-21-25-7-6-23(17-36)14-30(25)35/h3-9,14-16,18,22,27H,2,10-13,19-21H2,1H3,(H,42,43). The first-order valence-corrected chi connectivity index (χ1v) is 14.9. The van der Waals surface area contributed by atoms with E-state index in [0.29, 0.717) is 30.2 Å². The minimum Gasteiger partial charge on any atom is -0.490 e. The van der Waals surface area contributed by atoms with Gasteiger partial charge in [0.2, 0.25) is 0 Å². The van der Waals surface area contributed by atoms with Crippen LogP contribution in [0.15, 0.2) is 73.2 Å². The molecule has 0 radical (unpaired) electrons. The zero-order chi connectivity index (χ0) is 31.3. The Morgan fingerprint density at radius 1 is 1.09 bits per heavy atom. The number of hydrogen-bond acceptors (Lipinski definition) is 7. The van der Waals surface area contributed by atoms with E-state index in [0.717, 1.165) is 55.0 Å². The highest BCUT2D eigenvalue weighted by Gasteiger charge is 2.24. The van der Waals surface area contributed by atoms with Crippen molar-refractivity contribution in [2.75, 3.05) is 13.1 Å². The first kappa shape index (κ1) is 29.8. The van der Waals surface area contributed by atoms with Gasteiger partial charge in [-0.1, -0.05) is 12.1 Å². The molecule has 1 saturated heterocycles. The quantitative estimate of drug-likeness (QED) is 0.205. The maximum absolute atomic E-state index is 14.2. The number of imidazole rings is 2. The summed E-state index contributed by atoms with van der Waals surface area (Å²) in [7, 11) is 0. The number of likely N-dealkylation sites (tertiary alicyclic amines) is 1. The van der Waals surface area contributed by atoms with Gasteiger partial charge in [-0.15, -0.1) is 0 Å². The zero-order valence-electron chi connectivity index (χ0n) is 24.9. The Labute approximate surface area is 259 Å². The molecule has 230 valence electrons. The van der Waals surface area contributed by atoms with Crippen LogP contribution in [-0.4, -0.2) is 54.3 Å². The van der Waals surface area contributed by atoms with E-state index in [2.05, 4.69) is 25.9 Å². The lowest BCUT2D eigenvalue weighted by Gasteiger charge is -2.32. The Kier molecular flexibility index (Phi) is 8.75. The Morgan fingerprint density at radius 2 is 1.91 bits per heavy atom. The summed E-state index contributed by atoms with van der Waals surface area (Å²) in [5, 5.41) is 18.5. The zero-order valence-corrected chi connectivity index (χ0v) is 24.9. The van der Waals surface area contributed by atoms with Crippen molar-refractivity contribution in [3.63, 3.8) is 0 Å². The molecule has 0 spiro atoms. The maximum Gasteiger partial charge on any atom is 0.335 e. The molecule has 0 atom stereocenters. The van der Waals surface area contributed by atoms with Crippen LogP contribution in [0.4, 0.5) is 4.39 Å². The summed E-state index contributed by atoms with van der Waals surface area (Å²) in [6.07, 6.45) is 5.33. The summed E-state index contributed by atoms with van der Waals surface area (Å²) in [6.45, 7) is 5.69. The number of fused-ring (bicyclic) bond motifs is 1. The molecule has 0 amide bonds. The van der Waals surface area contributed by atoms with Gasteiger partial charge >= 0.3 is 5.97 Å². The van der Waals surface area contributed by atoms with E-state index in [1.54, 1.807) is 42.7 Å². The van der Waals surface area contributed by atoms with Crippen LogP contribution < -0.4 is 9.47 Å². The van der Waals surface area contributed by atoms with Gasteiger partial charge < -0.3 is 23.7 Å². The summed E-state index contributed by atoms with van der Waals surface area (Å²) in [6, 6.07) is 18.7. The van der Waals surface area contributed by atoms with E-state index in [1.807, 2.05) is 30.5 Å². The molecule has 10 nitrogen and oxygen atoms in total. The molecule has 3 aromatic carbocycles. The molecule has 11 heteroatoms. The van der Waals surface area contributed by atoms with Gasteiger partial charge in [0, 0.05) is 37.5 Å². The lowest BCUT2D eigenvalue weighted by Crippen LogP contribution is -2.38. The fraction of sp³-hybridized carbons (Fsp3) is 0.294. The third kappa shape index (κ3) is 6.81. The number of aryl methyl sites for hydroxylation is 1. The smallest absolute Gasteiger partial charge is 0.335 e. The normalized spacial score (nSPS) is 14.0. The molecule has 6 rings (SSSR count). The Balaban J connectivity index is 1.09. The van der Waals surface area contributed by atoms with Crippen LogP contribution in [0.2, 0.25) is 0 Å². The Bertz CT molecular complexity index is 1870. The number of ether oxygens (including phenoxy) is 2. The molecule has 0 aliphatic carbocycles. The highest BCUT2D eigenvalue weighted by Crippen LogP contribution is 2.26. The van der Waals surface area contributed by atoms with Crippen LogP contribution >= 0.6 is 0 Å². The highest BCUT2D eigenvalue weighted by molar-refractivity contribution is 5.92. The van der Waals surface area contributed by atoms with Crippen LogP contribution in [0.5, 0.6) is 11.5 Å². The van der Waals surface area contributed by atoms with Gasteiger partial charge in [-0.05, 0) is 62.2 Å². The minimum atomic E-state index is -0.968. The number of rotatable bonds is 11. The molecule has 0 bridgehead atoms. The van der Waals surface area contributed by atoms with Gasteiger partial charge in [0.05, 0.1) is 53.3 Å². The number of carboxylic acids is 1. The van der Waals surface area contributed by atoms with Gasteiger partial charge in [-0.2, -0.15) is 5.26 Å². The predicted octanol–water partition coefficient (Wildman–Crippen LogP) is 5.63. The average molecular weight is 609 g/mol. The second-order valence-electron chi connectivity index (χ2n) is 11.1. The summed E-state index contributed by atoms with van der Waals surface area (Å²) < 4.78 is 30.5. The van der Waals surface area contributed by atoms with Gasteiger partial charge in [0.15, 0.2) is 0 Å². The first-order valence-electron chi connectivity index (χ1n) is 14.9. The van der Waals surface area contributed by atoms with E-state index in [1.165, 1.54) is 6.07 Å². The van der Waals surface area contributed by atoms with Crippen molar-refractivity contribution >= 4 is 17.0 Å². The second kappa shape index (κ2) is 13.2. The number of carboxylic acid groups (broad SMARTS) is 1. The molecular weight excluding hydrogens is 575 g/mol. The highest BCUT2D eigenvalue weighted by atomic mass is 19.1. The summed E-state index contributed by atoms with van der Waals surface area (Å²) in [4.78, 5) is 23.3. The fourth-order valence-corrected chi connectivity index (χ4v) is 5.64. The van der Waals surface area contributed by atoms with Crippen LogP contribution in [0, 0.1) is 17.1 Å². The topological polar surface area (TPSA) is 118 Å². The number of aromatic carboxylic acids is 1. The van der Waals surface area contributed by atoms with E-state index in [9.17, 15) is 14.3 Å². The summed E-state index contributed by atoms with van der Waals surface area (Å²) in [5.41, 5.74) is 3.45. The maximum atomic E-state index is 14.2. The molecule has 0 unspecified atom stereocenters. The van der Waals surface area contributed by atoms with Crippen LogP contribution in [-0.2, 0) is 26.2 Å². The SMILES string of the molecule is CCn1cncc1Cn1c(CN2CCC(Oc3cccc(OCc4ccc(C#N)cc4F)c3)CC2)nc2ccc(C(=O)O)cc21. The molecule has 3 heterocycles. The summed E-state index contributed by atoms with van der Waals surface area (Å²) in [5.74, 6) is 0.697. The number of hydrogen-bond donors (Lipinski definition) is 1. The third-order valence-corrected chi connectivity index (χ3v) is 8.12. The van der Waals surface area contributed by atoms with Gasteiger partial charge in [-0.25, -0.2) is 19.2 Å². The second-order valence-corrected chi connectivity index (χ2v) is 11.1. The number of nitrogens with zero attached hydrogens (tertiary/aromatic N) is 6. The monoisotopic (exact) mass is 608 g/mol. The lowest BCUT2D eigenvalue weighted by atomic mass is 10.1. The van der Waals surface area contributed by atoms with E-state index in [-0.39, 0.29) is 23.8 Å². The molecule has 1 aliphatic rings. The van der Waals surface area contributed by atoms with Crippen LogP contribution in [0.1, 0.15) is 52.8 Å². The molecular formula is C34H33FN6O4. The van der Waals surface area contributed by atoms with Gasteiger partial charge in [-0.3, -0.25) is 4.90 Å². The Hall–Kier alpha value is -5.21. The number of nitriles is 1. The van der Waals surface area contributed by atoms with Crippen LogP contribution in [0.25, 0.3) is 11.0 Å². The van der Waals surface area contributed by atoms with Crippen molar-refractivity contribution in [1.29, 1.82) is 5.26 Å². The minimum absolute atomic E-state index is 0.0308.